The Morgan fingerprint density at radius 2 is 2.09 bits per heavy atom. The molecule has 1 unspecified atom stereocenters. The molecule has 0 saturated carbocycles. The predicted octanol–water partition coefficient (Wildman–Crippen LogP) is 2.55. The van der Waals surface area contributed by atoms with Gasteiger partial charge in [-0.1, -0.05) is 42.3 Å². The van der Waals surface area contributed by atoms with Crippen LogP contribution >= 0.6 is 0 Å². The van der Waals surface area contributed by atoms with Crippen LogP contribution < -0.4 is 0 Å². The van der Waals surface area contributed by atoms with E-state index in [1.807, 2.05) is 0 Å². The Kier molecular flexibility index (Phi) is 2.89. The van der Waals surface area contributed by atoms with Gasteiger partial charge in [0.2, 0.25) is 0 Å². The van der Waals surface area contributed by atoms with Crippen molar-refractivity contribution in [2.75, 3.05) is 0 Å². The summed E-state index contributed by atoms with van der Waals surface area (Å²) in [5, 5.41) is 0. The molecule has 1 heteroatoms. The van der Waals surface area contributed by atoms with Gasteiger partial charge in [0.25, 0.3) is 0 Å². The first-order chi connectivity index (χ1) is 4.88. The van der Waals surface area contributed by atoms with Crippen LogP contribution in [0.5, 0.6) is 0 Å². The van der Waals surface area contributed by atoms with Crippen LogP contribution in [0.1, 0.15) is 24.0 Å². The van der Waals surface area contributed by atoms with Crippen molar-refractivity contribution < 1.29 is 21.1 Å². The van der Waals surface area contributed by atoms with Gasteiger partial charge < -0.3 is 6.42 Å². The van der Waals surface area contributed by atoms with Crippen LogP contribution in [0.15, 0.2) is 24.3 Å². The number of benzene rings is 1. The summed E-state index contributed by atoms with van der Waals surface area (Å²) in [6.07, 6.45) is 3.53. The van der Waals surface area contributed by atoms with E-state index in [1.165, 1.54) is 11.1 Å². The summed E-state index contributed by atoms with van der Waals surface area (Å²) in [7, 11) is 0. The molecule has 0 bridgehead atoms. The summed E-state index contributed by atoms with van der Waals surface area (Å²) in [5.41, 5.74) is 3.03. The smallest absolute Gasteiger partial charge is 0 e. The largest absolute Gasteiger partial charge is 0.317 e. The molecule has 0 saturated heterocycles. The molecule has 58 valence electrons. The Morgan fingerprint density at radius 1 is 1.36 bits per heavy atom. The van der Waals surface area contributed by atoms with Crippen LogP contribution in [0.3, 0.4) is 0 Å². The molecule has 1 aliphatic rings. The van der Waals surface area contributed by atoms with E-state index in [9.17, 15) is 0 Å². The van der Waals surface area contributed by atoms with E-state index in [0.717, 1.165) is 6.42 Å². The SMILES string of the molecule is CC1[CH-]Cc2ccccc21.[W]. The van der Waals surface area contributed by atoms with Crippen molar-refractivity contribution in [2.24, 2.45) is 0 Å². The maximum Gasteiger partial charge on any atom is 0 e. The minimum Gasteiger partial charge on any atom is -0.317 e. The summed E-state index contributed by atoms with van der Waals surface area (Å²) in [6.45, 7) is 2.26. The van der Waals surface area contributed by atoms with Crippen LogP contribution in [0.2, 0.25) is 0 Å². The van der Waals surface area contributed by atoms with Crippen molar-refractivity contribution >= 4 is 0 Å². The van der Waals surface area contributed by atoms with E-state index in [-0.39, 0.29) is 21.1 Å². The third kappa shape index (κ3) is 1.56. The Hall–Kier alpha value is -0.0917. The molecule has 0 amide bonds. The van der Waals surface area contributed by atoms with Crippen molar-refractivity contribution in [3.05, 3.63) is 41.8 Å². The van der Waals surface area contributed by atoms with Gasteiger partial charge in [0.05, 0.1) is 0 Å². The first kappa shape index (κ1) is 9.00. The fraction of sp³-hybridized carbons (Fsp3) is 0.300. The number of hydrogen-bond acceptors (Lipinski definition) is 0. The standard InChI is InChI=1S/C10H11.W/c1-8-6-7-9-4-2-3-5-10(8)9;/h2-6,8H,7H2,1H3;/q-1;. The molecule has 0 heterocycles. The fourth-order valence-corrected chi connectivity index (χ4v) is 1.60. The van der Waals surface area contributed by atoms with Gasteiger partial charge in [-0.15, -0.1) is 5.92 Å². The van der Waals surface area contributed by atoms with Crippen LogP contribution in [-0.4, -0.2) is 0 Å². The van der Waals surface area contributed by atoms with E-state index in [4.69, 9.17) is 0 Å². The summed E-state index contributed by atoms with van der Waals surface area (Å²) < 4.78 is 0. The van der Waals surface area contributed by atoms with Crippen LogP contribution in [0.25, 0.3) is 0 Å². The molecule has 0 aliphatic heterocycles. The molecule has 1 aliphatic carbocycles. The predicted molar refractivity (Wildman–Crippen MR) is 42.9 cm³/mol. The first-order valence-corrected chi connectivity index (χ1v) is 3.79. The van der Waals surface area contributed by atoms with Gasteiger partial charge >= 0.3 is 0 Å². The van der Waals surface area contributed by atoms with E-state index in [2.05, 4.69) is 37.6 Å². The van der Waals surface area contributed by atoms with Gasteiger partial charge in [0.1, 0.15) is 0 Å². The van der Waals surface area contributed by atoms with Crippen molar-refractivity contribution in [2.45, 2.75) is 19.3 Å². The number of hydrogen-bond donors (Lipinski definition) is 0. The maximum absolute atomic E-state index is 2.37. The quantitative estimate of drug-likeness (QED) is 0.646. The first-order valence-electron chi connectivity index (χ1n) is 3.79. The molecule has 2 rings (SSSR count). The summed E-state index contributed by atoms with van der Waals surface area (Å²) >= 11 is 0. The Morgan fingerprint density at radius 3 is 2.82 bits per heavy atom. The second-order valence-electron chi connectivity index (χ2n) is 2.93. The third-order valence-electron chi connectivity index (χ3n) is 2.24. The van der Waals surface area contributed by atoms with E-state index >= 15 is 0 Å². The summed E-state index contributed by atoms with van der Waals surface area (Å²) in [4.78, 5) is 0. The average molecular weight is 315 g/mol. The molecule has 0 aromatic heterocycles. The molecule has 11 heavy (non-hydrogen) atoms. The average Bonchev–Trinajstić information content (AvgIpc) is 2.34. The summed E-state index contributed by atoms with van der Waals surface area (Å²) in [6, 6.07) is 8.68. The van der Waals surface area contributed by atoms with Gasteiger partial charge in [-0.05, 0) is 0 Å². The Labute approximate surface area is 82.3 Å². The minimum absolute atomic E-state index is 0. The molecule has 0 nitrogen and oxygen atoms in total. The number of fused-ring (bicyclic) bond motifs is 1. The Balaban J connectivity index is 0.000000605. The zero-order chi connectivity index (χ0) is 6.97. The van der Waals surface area contributed by atoms with Gasteiger partial charge in [-0.2, -0.15) is 6.42 Å². The number of rotatable bonds is 0. The van der Waals surface area contributed by atoms with Crippen LogP contribution in [0, 0.1) is 6.42 Å². The molecule has 0 fully saturated rings. The van der Waals surface area contributed by atoms with Crippen LogP contribution in [-0.2, 0) is 27.5 Å². The van der Waals surface area contributed by atoms with Gasteiger partial charge in [-0.3, -0.25) is 0 Å². The fourth-order valence-electron chi connectivity index (χ4n) is 1.60. The zero-order valence-electron chi connectivity index (χ0n) is 6.58. The van der Waals surface area contributed by atoms with Crippen molar-refractivity contribution in [1.82, 2.24) is 0 Å². The Bertz CT molecular complexity index is 242. The molecular weight excluding hydrogens is 304 g/mol. The second-order valence-corrected chi connectivity index (χ2v) is 2.93. The van der Waals surface area contributed by atoms with Crippen molar-refractivity contribution in [3.8, 4) is 0 Å². The second kappa shape index (κ2) is 3.54. The molecule has 1 aromatic rings. The maximum atomic E-state index is 2.37. The molecule has 0 N–H and O–H groups in total. The van der Waals surface area contributed by atoms with E-state index in [1.54, 1.807) is 0 Å². The topological polar surface area (TPSA) is 0 Å². The molecule has 1 atom stereocenters. The molecule has 1 aromatic carbocycles. The third-order valence-corrected chi connectivity index (χ3v) is 2.24. The normalized spacial score (nSPS) is 20.6. The monoisotopic (exact) mass is 315 g/mol. The van der Waals surface area contributed by atoms with Crippen molar-refractivity contribution in [3.63, 3.8) is 0 Å². The van der Waals surface area contributed by atoms with E-state index in [0.29, 0.717) is 5.92 Å². The molecular formula is C10H11W-. The van der Waals surface area contributed by atoms with Crippen molar-refractivity contribution in [1.29, 1.82) is 0 Å². The zero-order valence-corrected chi connectivity index (χ0v) is 9.51. The van der Waals surface area contributed by atoms with Gasteiger partial charge in [0.15, 0.2) is 0 Å². The molecule has 0 spiro atoms. The van der Waals surface area contributed by atoms with Gasteiger partial charge in [-0.25, -0.2) is 0 Å². The van der Waals surface area contributed by atoms with Crippen LogP contribution in [0.4, 0.5) is 0 Å². The van der Waals surface area contributed by atoms with E-state index < -0.39 is 0 Å². The molecule has 0 radical (unpaired) electrons. The van der Waals surface area contributed by atoms with Gasteiger partial charge in [0, 0.05) is 21.1 Å². The minimum atomic E-state index is 0. The summed E-state index contributed by atoms with van der Waals surface area (Å²) in [5.74, 6) is 0.677.